The van der Waals surface area contributed by atoms with Crippen LogP contribution in [0.15, 0.2) is 52.3 Å². The number of hydrogen-bond acceptors (Lipinski definition) is 5. The first kappa shape index (κ1) is 12.3. The average Bonchev–Trinajstić information content (AvgIpc) is 3.09. The van der Waals surface area contributed by atoms with Crippen LogP contribution in [-0.2, 0) is 5.75 Å². The van der Waals surface area contributed by atoms with E-state index in [1.165, 1.54) is 5.56 Å². The van der Waals surface area contributed by atoms with E-state index in [2.05, 4.69) is 37.3 Å². The van der Waals surface area contributed by atoms with Crippen molar-refractivity contribution < 1.29 is 0 Å². The van der Waals surface area contributed by atoms with Gasteiger partial charge in [-0.15, -0.1) is 5.10 Å². The monoisotopic (exact) mass is 288 g/mol. The molecule has 3 rings (SSSR count). The summed E-state index contributed by atoms with van der Waals surface area (Å²) in [6, 6.07) is 12.0. The molecule has 0 aliphatic heterocycles. The van der Waals surface area contributed by atoms with Crippen LogP contribution in [0.5, 0.6) is 0 Å². The lowest BCUT2D eigenvalue weighted by Crippen LogP contribution is -1.91. The second-order valence-corrected chi connectivity index (χ2v) is 5.60. The third kappa shape index (κ3) is 3.36. The summed E-state index contributed by atoms with van der Waals surface area (Å²) in [7, 11) is 0. The van der Waals surface area contributed by atoms with Gasteiger partial charge in [-0.1, -0.05) is 30.0 Å². The molecule has 0 aliphatic rings. The van der Waals surface area contributed by atoms with Gasteiger partial charge in [-0.25, -0.2) is 5.10 Å². The van der Waals surface area contributed by atoms with E-state index < -0.39 is 0 Å². The second-order valence-electron chi connectivity index (χ2n) is 3.88. The number of anilines is 2. The number of thiophene rings is 1. The average molecular weight is 288 g/mol. The van der Waals surface area contributed by atoms with Crippen molar-refractivity contribution in [2.75, 3.05) is 5.32 Å². The van der Waals surface area contributed by atoms with Crippen molar-refractivity contribution in [2.45, 2.75) is 10.9 Å². The van der Waals surface area contributed by atoms with E-state index in [1.807, 2.05) is 30.3 Å². The molecule has 0 saturated carbocycles. The minimum atomic E-state index is 0.666. The first-order chi connectivity index (χ1) is 9.40. The molecule has 3 aromatic rings. The number of aromatic nitrogens is 3. The van der Waals surface area contributed by atoms with Crippen molar-refractivity contribution in [1.29, 1.82) is 0 Å². The predicted octanol–water partition coefficient (Wildman–Crippen LogP) is 3.90. The van der Waals surface area contributed by atoms with E-state index in [1.54, 1.807) is 23.1 Å². The molecule has 0 radical (unpaired) electrons. The van der Waals surface area contributed by atoms with Gasteiger partial charge in [0.15, 0.2) is 0 Å². The van der Waals surface area contributed by atoms with Crippen LogP contribution in [0.25, 0.3) is 0 Å². The summed E-state index contributed by atoms with van der Waals surface area (Å²) in [4.78, 5) is 4.39. The molecular formula is C13H12N4S2. The molecule has 0 atom stereocenters. The lowest BCUT2D eigenvalue weighted by molar-refractivity contribution is 0.973. The maximum Gasteiger partial charge on any atom is 0.223 e. The highest BCUT2D eigenvalue weighted by atomic mass is 32.2. The molecule has 0 bridgehead atoms. The van der Waals surface area contributed by atoms with Gasteiger partial charge in [-0.3, -0.25) is 0 Å². The summed E-state index contributed by atoms with van der Waals surface area (Å²) in [5.41, 5.74) is 2.30. The van der Waals surface area contributed by atoms with Crippen molar-refractivity contribution in [2.24, 2.45) is 0 Å². The first-order valence-electron chi connectivity index (χ1n) is 5.78. The summed E-state index contributed by atoms with van der Waals surface area (Å²) in [6.45, 7) is 0. The number of para-hydroxylation sites is 1. The fraction of sp³-hybridized carbons (Fsp3) is 0.0769. The molecule has 2 heterocycles. The number of nitrogens with zero attached hydrogens (tertiary/aromatic N) is 2. The number of aromatic amines is 1. The Morgan fingerprint density at radius 1 is 1.21 bits per heavy atom. The smallest absolute Gasteiger partial charge is 0.223 e. The van der Waals surface area contributed by atoms with Crippen LogP contribution in [0.2, 0.25) is 0 Å². The van der Waals surface area contributed by atoms with Gasteiger partial charge in [0.25, 0.3) is 0 Å². The topological polar surface area (TPSA) is 53.6 Å². The Kier molecular flexibility index (Phi) is 3.81. The fourth-order valence-electron chi connectivity index (χ4n) is 1.55. The van der Waals surface area contributed by atoms with Crippen molar-refractivity contribution in [3.05, 3.63) is 52.7 Å². The lowest BCUT2D eigenvalue weighted by Gasteiger charge is -1.99. The van der Waals surface area contributed by atoms with E-state index in [0.29, 0.717) is 5.95 Å². The minimum absolute atomic E-state index is 0.666. The highest BCUT2D eigenvalue weighted by molar-refractivity contribution is 7.98. The summed E-state index contributed by atoms with van der Waals surface area (Å²) in [6.07, 6.45) is 0. The maximum absolute atomic E-state index is 4.39. The van der Waals surface area contributed by atoms with Gasteiger partial charge in [0, 0.05) is 11.4 Å². The largest absolute Gasteiger partial charge is 0.325 e. The quantitative estimate of drug-likeness (QED) is 0.699. The molecule has 0 saturated heterocycles. The van der Waals surface area contributed by atoms with Crippen LogP contribution in [0.4, 0.5) is 11.6 Å². The molecule has 0 unspecified atom stereocenters. The van der Waals surface area contributed by atoms with Gasteiger partial charge >= 0.3 is 0 Å². The summed E-state index contributed by atoms with van der Waals surface area (Å²) in [5.74, 6) is 1.56. The normalized spacial score (nSPS) is 10.5. The van der Waals surface area contributed by atoms with Gasteiger partial charge < -0.3 is 5.32 Å². The molecule has 19 heavy (non-hydrogen) atoms. The lowest BCUT2D eigenvalue weighted by atomic mass is 10.3. The highest BCUT2D eigenvalue weighted by Gasteiger charge is 2.04. The van der Waals surface area contributed by atoms with Crippen LogP contribution in [0.1, 0.15) is 5.56 Å². The van der Waals surface area contributed by atoms with Gasteiger partial charge in [0.05, 0.1) is 0 Å². The van der Waals surface area contributed by atoms with Crippen molar-refractivity contribution >= 4 is 34.7 Å². The molecule has 4 nitrogen and oxygen atoms in total. The number of H-pyrrole nitrogens is 1. The van der Waals surface area contributed by atoms with Crippen LogP contribution in [0, 0.1) is 0 Å². The van der Waals surface area contributed by atoms with Gasteiger partial charge in [-0.05, 0) is 34.5 Å². The third-order valence-corrected chi connectivity index (χ3v) is 4.10. The molecule has 0 aliphatic carbocycles. The maximum atomic E-state index is 4.39. The van der Waals surface area contributed by atoms with Gasteiger partial charge in [0.1, 0.15) is 0 Å². The summed E-state index contributed by atoms with van der Waals surface area (Å²) >= 11 is 3.33. The molecule has 6 heteroatoms. The van der Waals surface area contributed by atoms with E-state index in [9.17, 15) is 0 Å². The summed E-state index contributed by atoms with van der Waals surface area (Å²) < 4.78 is 0. The van der Waals surface area contributed by atoms with E-state index in [4.69, 9.17) is 0 Å². The van der Waals surface area contributed by atoms with Gasteiger partial charge in [-0.2, -0.15) is 16.3 Å². The van der Waals surface area contributed by atoms with Crippen molar-refractivity contribution in [3.63, 3.8) is 0 Å². The van der Waals surface area contributed by atoms with Crippen molar-refractivity contribution in [1.82, 2.24) is 15.2 Å². The van der Waals surface area contributed by atoms with E-state index in [0.717, 1.165) is 16.6 Å². The number of rotatable bonds is 5. The van der Waals surface area contributed by atoms with E-state index in [-0.39, 0.29) is 0 Å². The Labute approximate surface area is 119 Å². The molecule has 0 fully saturated rings. The standard InChI is InChI=1S/C13H12N4S2/c1-2-4-11(5-3-1)14-12-15-13(17-16-12)19-9-10-6-7-18-8-10/h1-8H,9H2,(H2,14,15,16,17). The predicted molar refractivity (Wildman–Crippen MR) is 80.0 cm³/mol. The van der Waals surface area contributed by atoms with Crippen LogP contribution < -0.4 is 5.32 Å². The molecule has 0 amide bonds. The molecule has 0 spiro atoms. The van der Waals surface area contributed by atoms with Gasteiger partial charge in [0.2, 0.25) is 11.1 Å². The third-order valence-electron chi connectivity index (χ3n) is 2.45. The molecular weight excluding hydrogens is 276 g/mol. The number of thioether (sulfide) groups is 1. The molecule has 1 aromatic carbocycles. The zero-order valence-electron chi connectivity index (χ0n) is 10.0. The van der Waals surface area contributed by atoms with Crippen molar-refractivity contribution in [3.8, 4) is 0 Å². The summed E-state index contributed by atoms with van der Waals surface area (Å²) in [5, 5.41) is 15.2. The SMILES string of the molecule is c1ccc(Nc2nc(SCc3ccsc3)n[nH]2)cc1. The number of nitrogens with one attached hydrogen (secondary N) is 2. The number of benzene rings is 1. The second kappa shape index (κ2) is 5.90. The first-order valence-corrected chi connectivity index (χ1v) is 7.71. The molecule has 2 N–H and O–H groups in total. The minimum Gasteiger partial charge on any atom is -0.325 e. The van der Waals surface area contributed by atoms with Crippen LogP contribution in [-0.4, -0.2) is 15.2 Å². The van der Waals surface area contributed by atoms with Crippen LogP contribution in [0.3, 0.4) is 0 Å². The van der Waals surface area contributed by atoms with Crippen LogP contribution >= 0.6 is 23.1 Å². The number of hydrogen-bond donors (Lipinski definition) is 2. The molecule has 2 aromatic heterocycles. The zero-order chi connectivity index (χ0) is 12.9. The Morgan fingerprint density at radius 3 is 2.89 bits per heavy atom. The molecule has 96 valence electrons. The Bertz CT molecular complexity index is 619. The zero-order valence-corrected chi connectivity index (χ0v) is 11.7. The Hall–Kier alpha value is -1.79. The Balaban J connectivity index is 1.60. The van der Waals surface area contributed by atoms with E-state index >= 15 is 0 Å². The Morgan fingerprint density at radius 2 is 2.11 bits per heavy atom. The highest BCUT2D eigenvalue weighted by Crippen LogP contribution is 2.22. The fourth-order valence-corrected chi connectivity index (χ4v) is 3.06.